The Labute approximate surface area is 106 Å². The highest BCUT2D eigenvalue weighted by molar-refractivity contribution is 5.10. The van der Waals surface area contributed by atoms with Crippen molar-refractivity contribution in [3.63, 3.8) is 0 Å². The SMILES string of the molecule is C=C(C)OC.C=CC(=C)CCCOCCOC. The van der Waals surface area contributed by atoms with Gasteiger partial charge in [0, 0.05) is 13.7 Å². The average Bonchev–Trinajstić information content (AvgIpc) is 2.33. The fraction of sp³-hybridized carbons (Fsp3) is 0.571. The molecule has 0 fully saturated rings. The fourth-order valence-corrected chi connectivity index (χ4v) is 0.748. The molecule has 17 heavy (non-hydrogen) atoms. The molecule has 0 aliphatic rings. The molecule has 0 aromatic rings. The van der Waals surface area contributed by atoms with Gasteiger partial charge in [-0.15, -0.1) is 0 Å². The Hall–Kier alpha value is -1.06. The number of allylic oxidation sites excluding steroid dienone is 3. The quantitative estimate of drug-likeness (QED) is 0.352. The third kappa shape index (κ3) is 20.9. The van der Waals surface area contributed by atoms with Crippen LogP contribution in [0, 0.1) is 0 Å². The van der Waals surface area contributed by atoms with Gasteiger partial charge in [-0.3, -0.25) is 0 Å². The first-order valence-electron chi connectivity index (χ1n) is 5.64. The molecule has 0 radical (unpaired) electrons. The molecule has 0 rings (SSSR count). The highest BCUT2D eigenvalue weighted by Gasteiger charge is 1.90. The van der Waals surface area contributed by atoms with Crippen molar-refractivity contribution in [2.45, 2.75) is 19.8 Å². The first-order chi connectivity index (χ1) is 8.08. The molecule has 0 bridgehead atoms. The van der Waals surface area contributed by atoms with Crippen LogP contribution in [0.3, 0.4) is 0 Å². The highest BCUT2D eigenvalue weighted by Crippen LogP contribution is 2.02. The van der Waals surface area contributed by atoms with Crippen molar-refractivity contribution in [1.82, 2.24) is 0 Å². The van der Waals surface area contributed by atoms with Gasteiger partial charge in [0.05, 0.1) is 26.1 Å². The Bertz CT molecular complexity index is 210. The second-order valence-corrected chi connectivity index (χ2v) is 3.48. The van der Waals surface area contributed by atoms with E-state index in [1.165, 1.54) is 0 Å². The molecular formula is C14H26O3. The maximum Gasteiger partial charge on any atom is 0.0853 e. The van der Waals surface area contributed by atoms with Crippen molar-refractivity contribution >= 4 is 0 Å². The molecule has 0 saturated heterocycles. The molecule has 0 N–H and O–H groups in total. The third-order valence-corrected chi connectivity index (χ3v) is 1.86. The lowest BCUT2D eigenvalue weighted by atomic mass is 10.2. The summed E-state index contributed by atoms with van der Waals surface area (Å²) in [4.78, 5) is 0. The van der Waals surface area contributed by atoms with Gasteiger partial charge >= 0.3 is 0 Å². The lowest BCUT2D eigenvalue weighted by Gasteiger charge is -2.02. The van der Waals surface area contributed by atoms with Crippen LogP contribution in [0.2, 0.25) is 0 Å². The van der Waals surface area contributed by atoms with Crippen molar-refractivity contribution in [2.24, 2.45) is 0 Å². The maximum absolute atomic E-state index is 5.27. The fourth-order valence-electron chi connectivity index (χ4n) is 0.748. The van der Waals surface area contributed by atoms with Gasteiger partial charge in [0.25, 0.3) is 0 Å². The predicted octanol–water partition coefficient (Wildman–Crippen LogP) is 3.34. The molecule has 3 heteroatoms. The summed E-state index contributed by atoms with van der Waals surface area (Å²) in [5.74, 6) is 0.755. The summed E-state index contributed by atoms with van der Waals surface area (Å²) in [6.07, 6.45) is 3.76. The molecule has 0 spiro atoms. The molecule has 3 nitrogen and oxygen atoms in total. The van der Waals surface area contributed by atoms with Crippen LogP contribution in [0.25, 0.3) is 0 Å². The van der Waals surface area contributed by atoms with Crippen LogP contribution in [0.15, 0.2) is 37.1 Å². The summed E-state index contributed by atoms with van der Waals surface area (Å²) in [5.41, 5.74) is 1.07. The van der Waals surface area contributed by atoms with Gasteiger partial charge in [0.2, 0.25) is 0 Å². The minimum Gasteiger partial charge on any atom is -0.502 e. The first-order valence-corrected chi connectivity index (χ1v) is 5.64. The molecule has 0 unspecified atom stereocenters. The van der Waals surface area contributed by atoms with Crippen LogP contribution in [-0.2, 0) is 14.2 Å². The van der Waals surface area contributed by atoms with Gasteiger partial charge in [-0.1, -0.05) is 31.4 Å². The number of hydrogen-bond donors (Lipinski definition) is 0. The second-order valence-electron chi connectivity index (χ2n) is 3.48. The second kappa shape index (κ2) is 14.9. The van der Waals surface area contributed by atoms with E-state index in [0.29, 0.717) is 13.2 Å². The minimum atomic E-state index is 0.669. The first kappa shape index (κ1) is 18.3. The predicted molar refractivity (Wildman–Crippen MR) is 73.1 cm³/mol. The number of methoxy groups -OCH3 is 2. The summed E-state index contributed by atoms with van der Waals surface area (Å²) in [6.45, 7) is 14.8. The van der Waals surface area contributed by atoms with Crippen molar-refractivity contribution in [3.8, 4) is 0 Å². The molecule has 0 aliphatic carbocycles. The average molecular weight is 242 g/mol. The van der Waals surface area contributed by atoms with E-state index in [0.717, 1.165) is 30.8 Å². The van der Waals surface area contributed by atoms with Crippen molar-refractivity contribution in [3.05, 3.63) is 37.1 Å². The Balaban J connectivity index is 0. The van der Waals surface area contributed by atoms with Crippen LogP contribution in [0.5, 0.6) is 0 Å². The highest BCUT2D eigenvalue weighted by atomic mass is 16.5. The topological polar surface area (TPSA) is 27.7 Å². The zero-order valence-corrected chi connectivity index (χ0v) is 11.5. The van der Waals surface area contributed by atoms with Gasteiger partial charge in [-0.05, 0) is 19.8 Å². The van der Waals surface area contributed by atoms with E-state index in [-0.39, 0.29) is 0 Å². The monoisotopic (exact) mass is 242 g/mol. The van der Waals surface area contributed by atoms with Gasteiger partial charge in [-0.2, -0.15) is 0 Å². The standard InChI is InChI=1S/C10H18O2.C4H8O/c1-4-10(2)6-5-7-12-9-8-11-3;1-4(2)5-3/h4H,1-2,5-9H2,3H3;1H2,2-3H3. The molecule has 0 saturated carbocycles. The molecular weight excluding hydrogens is 216 g/mol. The minimum absolute atomic E-state index is 0.669. The summed E-state index contributed by atoms with van der Waals surface area (Å²) in [6, 6.07) is 0. The van der Waals surface area contributed by atoms with Crippen LogP contribution in [0.4, 0.5) is 0 Å². The summed E-state index contributed by atoms with van der Waals surface area (Å²) in [7, 11) is 3.27. The van der Waals surface area contributed by atoms with Gasteiger partial charge in [0.15, 0.2) is 0 Å². The molecule has 0 amide bonds. The van der Waals surface area contributed by atoms with Crippen LogP contribution in [0.1, 0.15) is 19.8 Å². The van der Waals surface area contributed by atoms with Gasteiger partial charge in [-0.25, -0.2) is 0 Å². The van der Waals surface area contributed by atoms with E-state index in [9.17, 15) is 0 Å². The normalized spacial score (nSPS) is 8.88. The molecule has 0 aromatic carbocycles. The Morgan fingerprint density at radius 3 is 2.12 bits per heavy atom. The van der Waals surface area contributed by atoms with Crippen LogP contribution in [-0.4, -0.2) is 34.0 Å². The Kier molecular flexibility index (Phi) is 16.1. The number of hydrogen-bond acceptors (Lipinski definition) is 3. The Morgan fingerprint density at radius 1 is 1.12 bits per heavy atom. The van der Waals surface area contributed by atoms with Gasteiger partial charge in [0.1, 0.15) is 0 Å². The number of rotatable bonds is 9. The molecule has 0 heterocycles. The molecule has 100 valence electrons. The Morgan fingerprint density at radius 2 is 1.71 bits per heavy atom. The largest absolute Gasteiger partial charge is 0.502 e. The third-order valence-electron chi connectivity index (χ3n) is 1.86. The molecule has 0 atom stereocenters. The molecule has 0 aliphatic heterocycles. The van der Waals surface area contributed by atoms with Crippen LogP contribution < -0.4 is 0 Å². The van der Waals surface area contributed by atoms with E-state index in [1.807, 2.05) is 0 Å². The van der Waals surface area contributed by atoms with Crippen molar-refractivity contribution in [1.29, 1.82) is 0 Å². The van der Waals surface area contributed by atoms with E-state index in [1.54, 1.807) is 27.2 Å². The van der Waals surface area contributed by atoms with Crippen LogP contribution >= 0.6 is 0 Å². The molecule has 0 aromatic heterocycles. The van der Waals surface area contributed by atoms with E-state index in [4.69, 9.17) is 9.47 Å². The van der Waals surface area contributed by atoms with E-state index in [2.05, 4.69) is 24.5 Å². The zero-order chi connectivity index (χ0) is 13.5. The van der Waals surface area contributed by atoms with E-state index < -0.39 is 0 Å². The number of ether oxygens (including phenoxy) is 3. The van der Waals surface area contributed by atoms with E-state index >= 15 is 0 Å². The lowest BCUT2D eigenvalue weighted by molar-refractivity contribution is 0.0696. The zero-order valence-electron chi connectivity index (χ0n) is 11.5. The maximum atomic E-state index is 5.27. The lowest BCUT2D eigenvalue weighted by Crippen LogP contribution is -2.02. The summed E-state index contributed by atoms with van der Waals surface area (Å²) >= 11 is 0. The smallest absolute Gasteiger partial charge is 0.0853 e. The van der Waals surface area contributed by atoms with Gasteiger partial charge < -0.3 is 14.2 Å². The van der Waals surface area contributed by atoms with Crippen molar-refractivity contribution < 1.29 is 14.2 Å². The summed E-state index contributed by atoms with van der Waals surface area (Å²) in [5, 5.41) is 0. The van der Waals surface area contributed by atoms with Crippen molar-refractivity contribution in [2.75, 3.05) is 34.0 Å². The summed E-state index contributed by atoms with van der Waals surface area (Å²) < 4.78 is 14.7.